The number of nitrogens with one attached hydrogen (secondary N) is 1. The van der Waals surface area contributed by atoms with Crippen molar-refractivity contribution in [1.29, 1.82) is 0 Å². The van der Waals surface area contributed by atoms with Crippen LogP contribution in [0.2, 0.25) is 0 Å². The summed E-state index contributed by atoms with van der Waals surface area (Å²) in [5.41, 5.74) is 0.987. The van der Waals surface area contributed by atoms with Gasteiger partial charge in [0.1, 0.15) is 17.2 Å². The van der Waals surface area contributed by atoms with Crippen molar-refractivity contribution in [2.75, 3.05) is 25.6 Å². The lowest BCUT2D eigenvalue weighted by Crippen LogP contribution is -2.20. The minimum absolute atomic E-state index is 0.0313. The van der Waals surface area contributed by atoms with Gasteiger partial charge in [-0.25, -0.2) is 0 Å². The normalized spacial score (nSPS) is 10.4. The summed E-state index contributed by atoms with van der Waals surface area (Å²) in [6, 6.07) is 14.6. The Balaban J connectivity index is 1.47. The molecule has 8 nitrogen and oxygen atoms in total. The molecule has 28 heavy (non-hydrogen) atoms. The second-order valence-corrected chi connectivity index (χ2v) is 5.77. The van der Waals surface area contributed by atoms with E-state index in [1.54, 1.807) is 31.4 Å². The standard InChI is InChI=1S/C20H21N3O5/c1-3-26-16-8-10-17(11-9-16)27-13-18(24)21-20-23-22-19(28-20)12-14-4-6-15(25-2)7-5-14/h4-11H,3,12-13H2,1-2H3,(H,21,23,24). The van der Waals surface area contributed by atoms with Gasteiger partial charge in [-0.2, -0.15) is 0 Å². The van der Waals surface area contributed by atoms with E-state index >= 15 is 0 Å². The van der Waals surface area contributed by atoms with Crippen molar-refractivity contribution in [2.45, 2.75) is 13.3 Å². The first kappa shape index (κ1) is 19.2. The SMILES string of the molecule is CCOc1ccc(OCC(=O)Nc2nnc(Cc3ccc(OC)cc3)o2)cc1. The molecule has 0 radical (unpaired) electrons. The molecule has 0 bridgehead atoms. The van der Waals surface area contributed by atoms with Gasteiger partial charge in [-0.3, -0.25) is 10.1 Å². The van der Waals surface area contributed by atoms with Crippen molar-refractivity contribution < 1.29 is 23.4 Å². The number of nitrogens with zero attached hydrogens (tertiary/aromatic N) is 2. The van der Waals surface area contributed by atoms with Crippen molar-refractivity contribution in [1.82, 2.24) is 10.2 Å². The van der Waals surface area contributed by atoms with E-state index in [0.717, 1.165) is 17.1 Å². The molecule has 3 rings (SSSR count). The monoisotopic (exact) mass is 383 g/mol. The molecule has 0 aliphatic heterocycles. The van der Waals surface area contributed by atoms with E-state index < -0.39 is 5.91 Å². The molecule has 0 aliphatic carbocycles. The Morgan fingerprint density at radius 3 is 2.25 bits per heavy atom. The summed E-state index contributed by atoms with van der Waals surface area (Å²) in [7, 11) is 1.61. The molecule has 0 saturated heterocycles. The molecule has 1 N–H and O–H groups in total. The van der Waals surface area contributed by atoms with Crippen LogP contribution in [0.25, 0.3) is 0 Å². The number of rotatable bonds is 9. The third kappa shape index (κ3) is 5.47. The molecule has 0 saturated carbocycles. The molecule has 0 aliphatic rings. The van der Waals surface area contributed by atoms with Gasteiger partial charge in [0.25, 0.3) is 5.91 Å². The van der Waals surface area contributed by atoms with Crippen molar-refractivity contribution >= 4 is 11.9 Å². The Bertz CT molecular complexity index is 891. The lowest BCUT2D eigenvalue weighted by molar-refractivity contribution is -0.118. The third-order valence-corrected chi connectivity index (χ3v) is 3.73. The molecule has 8 heteroatoms. The molecule has 1 amide bonds. The lowest BCUT2D eigenvalue weighted by Gasteiger charge is -2.07. The van der Waals surface area contributed by atoms with Crippen LogP contribution in [-0.2, 0) is 11.2 Å². The molecule has 0 spiro atoms. The van der Waals surface area contributed by atoms with Crippen LogP contribution in [0, 0.1) is 0 Å². The minimum Gasteiger partial charge on any atom is -0.497 e. The maximum atomic E-state index is 12.0. The summed E-state index contributed by atoms with van der Waals surface area (Å²) in [4.78, 5) is 12.0. The number of benzene rings is 2. The Hall–Kier alpha value is -3.55. The number of methoxy groups -OCH3 is 1. The minimum atomic E-state index is -0.395. The van der Waals surface area contributed by atoms with Gasteiger partial charge >= 0.3 is 6.01 Å². The highest BCUT2D eigenvalue weighted by molar-refractivity contribution is 5.89. The number of carbonyl (C=O) groups excluding carboxylic acids is 1. The largest absolute Gasteiger partial charge is 0.497 e. The first-order valence-corrected chi connectivity index (χ1v) is 8.77. The second kappa shape index (κ2) is 9.40. The van der Waals surface area contributed by atoms with Gasteiger partial charge in [-0.1, -0.05) is 17.2 Å². The Morgan fingerprint density at radius 1 is 0.964 bits per heavy atom. The number of aromatic nitrogens is 2. The number of hydrogen-bond acceptors (Lipinski definition) is 7. The molecule has 0 unspecified atom stereocenters. The van der Waals surface area contributed by atoms with Gasteiger partial charge in [0, 0.05) is 0 Å². The van der Waals surface area contributed by atoms with Crippen molar-refractivity contribution in [3.63, 3.8) is 0 Å². The maximum Gasteiger partial charge on any atom is 0.322 e. The Kier molecular flexibility index (Phi) is 6.46. The molecular formula is C20H21N3O5. The summed E-state index contributed by atoms with van der Waals surface area (Å²) in [6.07, 6.45) is 0.454. The van der Waals surface area contributed by atoms with Crippen LogP contribution in [0.5, 0.6) is 17.2 Å². The van der Waals surface area contributed by atoms with E-state index in [0.29, 0.717) is 24.7 Å². The number of hydrogen-bond donors (Lipinski definition) is 1. The average Bonchev–Trinajstić information content (AvgIpc) is 3.15. The van der Waals surface area contributed by atoms with Crippen LogP contribution in [0.4, 0.5) is 6.01 Å². The van der Waals surface area contributed by atoms with E-state index in [2.05, 4.69) is 15.5 Å². The fourth-order valence-corrected chi connectivity index (χ4v) is 2.40. The summed E-state index contributed by atoms with van der Waals surface area (Å²) >= 11 is 0. The van der Waals surface area contributed by atoms with Gasteiger partial charge in [0.15, 0.2) is 6.61 Å². The fraction of sp³-hybridized carbons (Fsp3) is 0.250. The predicted molar refractivity (Wildman–Crippen MR) is 102 cm³/mol. The van der Waals surface area contributed by atoms with E-state index in [9.17, 15) is 4.79 Å². The summed E-state index contributed by atoms with van der Waals surface area (Å²) in [5.74, 6) is 2.08. The molecule has 0 atom stereocenters. The van der Waals surface area contributed by atoms with Gasteiger partial charge in [-0.05, 0) is 48.9 Å². The second-order valence-electron chi connectivity index (χ2n) is 5.77. The van der Waals surface area contributed by atoms with Crippen LogP contribution in [0.15, 0.2) is 52.9 Å². The molecule has 1 aromatic heterocycles. The number of ether oxygens (including phenoxy) is 3. The van der Waals surface area contributed by atoms with Gasteiger partial charge in [0.05, 0.1) is 20.1 Å². The zero-order valence-corrected chi connectivity index (χ0v) is 15.7. The third-order valence-electron chi connectivity index (χ3n) is 3.73. The van der Waals surface area contributed by atoms with E-state index in [-0.39, 0.29) is 12.6 Å². The maximum absolute atomic E-state index is 12.0. The topological polar surface area (TPSA) is 95.7 Å². The number of anilines is 1. The number of amides is 1. The van der Waals surface area contributed by atoms with E-state index in [4.69, 9.17) is 18.6 Å². The van der Waals surface area contributed by atoms with Gasteiger partial charge in [0.2, 0.25) is 5.89 Å². The van der Waals surface area contributed by atoms with Crippen LogP contribution >= 0.6 is 0 Å². The summed E-state index contributed by atoms with van der Waals surface area (Å²) in [6.45, 7) is 2.33. The average molecular weight is 383 g/mol. The zero-order chi connectivity index (χ0) is 19.8. The highest BCUT2D eigenvalue weighted by Gasteiger charge is 2.11. The van der Waals surface area contributed by atoms with Crippen LogP contribution in [0.1, 0.15) is 18.4 Å². The quantitative estimate of drug-likeness (QED) is 0.606. The van der Waals surface area contributed by atoms with E-state index in [1.165, 1.54) is 0 Å². The van der Waals surface area contributed by atoms with Crippen molar-refractivity contribution in [2.24, 2.45) is 0 Å². The van der Waals surface area contributed by atoms with E-state index in [1.807, 2.05) is 31.2 Å². The first-order valence-electron chi connectivity index (χ1n) is 8.77. The molecule has 3 aromatic rings. The lowest BCUT2D eigenvalue weighted by atomic mass is 10.1. The summed E-state index contributed by atoms with van der Waals surface area (Å²) in [5, 5.41) is 10.3. The molecule has 1 heterocycles. The highest BCUT2D eigenvalue weighted by atomic mass is 16.5. The van der Waals surface area contributed by atoms with Crippen molar-refractivity contribution in [3.8, 4) is 17.2 Å². The fourth-order valence-electron chi connectivity index (χ4n) is 2.40. The molecule has 0 fully saturated rings. The Morgan fingerprint density at radius 2 is 1.61 bits per heavy atom. The van der Waals surface area contributed by atoms with Crippen LogP contribution in [-0.4, -0.2) is 36.4 Å². The van der Waals surface area contributed by atoms with Crippen molar-refractivity contribution in [3.05, 3.63) is 60.0 Å². The number of carbonyl (C=O) groups is 1. The van der Waals surface area contributed by atoms with Gasteiger partial charge in [-0.15, -0.1) is 5.10 Å². The first-order chi connectivity index (χ1) is 13.7. The molecule has 2 aromatic carbocycles. The smallest absolute Gasteiger partial charge is 0.322 e. The predicted octanol–water partition coefficient (Wildman–Crippen LogP) is 3.09. The molecular weight excluding hydrogens is 362 g/mol. The summed E-state index contributed by atoms with van der Waals surface area (Å²) < 4.78 is 21.4. The zero-order valence-electron chi connectivity index (χ0n) is 15.7. The Labute approximate surface area is 162 Å². The van der Waals surface area contributed by atoms with Crippen LogP contribution < -0.4 is 19.5 Å². The van der Waals surface area contributed by atoms with Gasteiger partial charge < -0.3 is 18.6 Å². The highest BCUT2D eigenvalue weighted by Crippen LogP contribution is 2.18. The molecule has 146 valence electrons. The van der Waals surface area contributed by atoms with Crippen LogP contribution in [0.3, 0.4) is 0 Å².